The number of hydrogen-bond donors (Lipinski definition) is 3. The summed E-state index contributed by atoms with van der Waals surface area (Å²) in [6, 6.07) is 28.2. The summed E-state index contributed by atoms with van der Waals surface area (Å²) in [6.07, 6.45) is 4.17. The van der Waals surface area contributed by atoms with Crippen LogP contribution in [0.5, 0.6) is 0 Å². The van der Waals surface area contributed by atoms with Crippen molar-refractivity contribution in [3.05, 3.63) is 126 Å². The van der Waals surface area contributed by atoms with Gasteiger partial charge in [-0.2, -0.15) is 0 Å². The molecule has 0 spiro atoms. The minimum atomic E-state index is -1.01. The highest BCUT2D eigenvalue weighted by atomic mass is 16.5. The van der Waals surface area contributed by atoms with Crippen molar-refractivity contribution < 1.29 is 28.3 Å². The Morgan fingerprint density at radius 2 is 1.63 bits per heavy atom. The van der Waals surface area contributed by atoms with Crippen molar-refractivity contribution in [2.75, 3.05) is 25.5 Å². The van der Waals surface area contributed by atoms with E-state index in [4.69, 9.17) is 14.1 Å². The van der Waals surface area contributed by atoms with Crippen LogP contribution in [0.15, 0.2) is 108 Å². The highest BCUT2D eigenvalue weighted by molar-refractivity contribution is 5.99. The minimum Gasteiger partial charge on any atom is -0.453 e. The zero-order valence-electron chi connectivity index (χ0n) is 31.7. The van der Waals surface area contributed by atoms with Gasteiger partial charge in [-0.05, 0) is 79.6 Å². The number of H-pyrrole nitrogens is 1. The van der Waals surface area contributed by atoms with Gasteiger partial charge in [0, 0.05) is 29.9 Å². The molecule has 2 aliphatic heterocycles. The van der Waals surface area contributed by atoms with Gasteiger partial charge >= 0.3 is 6.09 Å². The van der Waals surface area contributed by atoms with Crippen molar-refractivity contribution >= 4 is 40.5 Å². The molecule has 2 fully saturated rings. The molecule has 4 heterocycles. The van der Waals surface area contributed by atoms with Gasteiger partial charge in [0.2, 0.25) is 17.7 Å². The lowest BCUT2D eigenvalue weighted by molar-refractivity contribution is -0.138. The van der Waals surface area contributed by atoms with Crippen LogP contribution in [0.4, 0.5) is 10.5 Å². The molecule has 3 N–H and O–H groups in total. The molecule has 3 atom stereocenters. The number of fused-ring (bicyclic) bond motifs is 1. The summed E-state index contributed by atoms with van der Waals surface area (Å²) in [5.41, 5.74) is 6.08. The number of nitrogens with one attached hydrogen (secondary N) is 3. The largest absolute Gasteiger partial charge is 0.453 e. The molecular formula is C44H43N7O6. The lowest BCUT2D eigenvalue weighted by Gasteiger charge is -2.29. The molecule has 0 bridgehead atoms. The van der Waals surface area contributed by atoms with Crippen LogP contribution in [0.25, 0.3) is 33.8 Å². The number of methoxy groups -OCH3 is 1. The molecule has 0 radical (unpaired) electrons. The van der Waals surface area contributed by atoms with Crippen LogP contribution < -0.4 is 10.6 Å². The van der Waals surface area contributed by atoms with E-state index in [2.05, 4.69) is 20.6 Å². The van der Waals surface area contributed by atoms with Gasteiger partial charge in [0.15, 0.2) is 5.76 Å². The van der Waals surface area contributed by atoms with Crippen LogP contribution in [0.3, 0.4) is 0 Å². The topological polar surface area (TPSA) is 163 Å². The maximum atomic E-state index is 13.9. The monoisotopic (exact) mass is 765 g/mol. The number of aromatic amines is 1. The molecule has 2 aromatic heterocycles. The third kappa shape index (κ3) is 7.86. The van der Waals surface area contributed by atoms with Crippen LogP contribution in [0, 0.1) is 6.92 Å². The van der Waals surface area contributed by atoms with E-state index in [1.165, 1.54) is 12.0 Å². The van der Waals surface area contributed by atoms with E-state index in [0.717, 1.165) is 46.4 Å². The molecule has 2 aliphatic rings. The number of imidazole rings is 1. The van der Waals surface area contributed by atoms with Crippen molar-refractivity contribution in [3.63, 3.8) is 0 Å². The quantitative estimate of drug-likeness (QED) is 0.133. The van der Waals surface area contributed by atoms with E-state index in [-0.39, 0.29) is 23.8 Å². The summed E-state index contributed by atoms with van der Waals surface area (Å²) in [7, 11) is 1.24. The summed E-state index contributed by atoms with van der Waals surface area (Å²) in [5, 5.41) is 5.67. The summed E-state index contributed by atoms with van der Waals surface area (Å²) in [6.45, 7) is 2.97. The van der Waals surface area contributed by atoms with E-state index in [1.54, 1.807) is 30.5 Å². The maximum absolute atomic E-state index is 13.9. The molecule has 13 heteroatoms. The SMILES string of the molecule is COC(=O)N[C@@H](C(=O)N1CCC[C@H]1C(=O)Nc1cc(-c2ncc(-c3ccc4nc([C@@H]5CCCN5C(=O)Cc5ccccc5)[nH]c4c3)o2)ccc1C)c1ccccc1. The molecule has 290 valence electrons. The first-order chi connectivity index (χ1) is 27.7. The van der Waals surface area contributed by atoms with Crippen LogP contribution >= 0.6 is 0 Å². The maximum Gasteiger partial charge on any atom is 0.407 e. The number of ether oxygens (including phenoxy) is 1. The second kappa shape index (κ2) is 16.1. The first-order valence-corrected chi connectivity index (χ1v) is 19.2. The van der Waals surface area contributed by atoms with Gasteiger partial charge in [-0.3, -0.25) is 14.4 Å². The highest BCUT2D eigenvalue weighted by Crippen LogP contribution is 2.35. The Balaban J connectivity index is 0.964. The molecule has 4 amide bonds. The Morgan fingerprint density at radius 1 is 0.895 bits per heavy atom. The number of carbonyl (C=O) groups excluding carboxylic acids is 4. The third-order valence-electron chi connectivity index (χ3n) is 10.8. The Morgan fingerprint density at radius 3 is 2.42 bits per heavy atom. The summed E-state index contributed by atoms with van der Waals surface area (Å²) >= 11 is 0. The zero-order valence-corrected chi connectivity index (χ0v) is 31.7. The number of anilines is 1. The van der Waals surface area contributed by atoms with Gasteiger partial charge in [0.1, 0.15) is 17.9 Å². The van der Waals surface area contributed by atoms with Crippen LogP contribution in [0.1, 0.15) is 60.3 Å². The van der Waals surface area contributed by atoms with Crippen molar-refractivity contribution in [2.45, 2.75) is 57.2 Å². The number of aromatic nitrogens is 3. The average molecular weight is 766 g/mol. The number of hydrogen-bond acceptors (Lipinski definition) is 8. The van der Waals surface area contributed by atoms with E-state index in [1.807, 2.05) is 84.6 Å². The normalized spacial score (nSPS) is 17.1. The second-order valence-corrected chi connectivity index (χ2v) is 14.5. The number of aryl methyl sites for hydroxylation is 1. The van der Waals surface area contributed by atoms with Gasteiger partial charge in [-0.1, -0.05) is 66.7 Å². The molecule has 6 aromatic rings. The lowest BCUT2D eigenvalue weighted by Crippen LogP contribution is -2.48. The van der Waals surface area contributed by atoms with E-state index in [9.17, 15) is 19.2 Å². The number of likely N-dealkylation sites (tertiary alicyclic amines) is 2. The van der Waals surface area contributed by atoms with Crippen molar-refractivity contribution in [1.29, 1.82) is 0 Å². The van der Waals surface area contributed by atoms with Crippen molar-refractivity contribution in [1.82, 2.24) is 30.1 Å². The van der Waals surface area contributed by atoms with Gasteiger partial charge < -0.3 is 34.6 Å². The summed E-state index contributed by atoms with van der Waals surface area (Å²) in [4.78, 5) is 69.5. The standard InChI is InChI=1S/C44H43N7O6/c1-27-17-18-31(25-33(27)48-41(53)36-16-10-22-51(36)43(54)39(49-44(55)56-2)29-13-7-4-8-14-29)42-45-26-37(57-42)30-19-20-32-34(24-30)47-40(46-32)35-15-9-21-50(35)38(52)23-28-11-5-3-6-12-28/h3-8,11-14,17-20,24-26,35-36,39H,9-10,15-16,21-23H2,1-2H3,(H,46,47)(H,48,53)(H,49,55)/t35-,36-,39+/m0/s1. The van der Waals surface area contributed by atoms with E-state index < -0.39 is 18.2 Å². The Hall–Kier alpha value is -6.76. The molecule has 0 saturated carbocycles. The number of nitrogens with zero attached hydrogens (tertiary/aromatic N) is 4. The fourth-order valence-corrected chi connectivity index (χ4v) is 7.79. The molecule has 2 saturated heterocycles. The second-order valence-electron chi connectivity index (χ2n) is 14.5. The smallest absolute Gasteiger partial charge is 0.407 e. The van der Waals surface area contributed by atoms with Gasteiger partial charge in [0.05, 0.1) is 36.8 Å². The fourth-order valence-electron chi connectivity index (χ4n) is 7.79. The zero-order chi connectivity index (χ0) is 39.5. The Bertz CT molecular complexity index is 2430. The first-order valence-electron chi connectivity index (χ1n) is 19.2. The Kier molecular flexibility index (Phi) is 10.5. The summed E-state index contributed by atoms with van der Waals surface area (Å²) in [5.74, 6) is 1.08. The molecule has 8 rings (SSSR count). The molecule has 0 aliphatic carbocycles. The van der Waals surface area contributed by atoms with E-state index in [0.29, 0.717) is 60.8 Å². The molecular weight excluding hydrogens is 723 g/mol. The minimum absolute atomic E-state index is 0.0930. The van der Waals surface area contributed by atoms with Gasteiger partial charge in [-0.15, -0.1) is 0 Å². The number of benzene rings is 4. The number of alkyl carbamates (subject to hydrolysis) is 1. The third-order valence-corrected chi connectivity index (χ3v) is 10.8. The van der Waals surface area contributed by atoms with Gasteiger partial charge in [-0.25, -0.2) is 14.8 Å². The Labute approximate surface area is 329 Å². The number of rotatable bonds is 10. The van der Waals surface area contributed by atoms with E-state index >= 15 is 0 Å². The predicted molar refractivity (Wildman–Crippen MR) is 214 cm³/mol. The molecule has 13 nitrogen and oxygen atoms in total. The molecule has 0 unspecified atom stereocenters. The molecule has 57 heavy (non-hydrogen) atoms. The fraction of sp³-hybridized carbons (Fsp3) is 0.273. The summed E-state index contributed by atoms with van der Waals surface area (Å²) < 4.78 is 11.1. The van der Waals surface area contributed by atoms with Crippen molar-refractivity contribution in [2.24, 2.45) is 0 Å². The lowest BCUT2D eigenvalue weighted by atomic mass is 10.0. The van der Waals surface area contributed by atoms with Crippen molar-refractivity contribution in [3.8, 4) is 22.8 Å². The number of carbonyl (C=O) groups is 4. The van der Waals surface area contributed by atoms with Crippen LogP contribution in [-0.2, 0) is 25.5 Å². The van der Waals surface area contributed by atoms with Gasteiger partial charge in [0.25, 0.3) is 5.91 Å². The first kappa shape index (κ1) is 37.2. The predicted octanol–water partition coefficient (Wildman–Crippen LogP) is 7.13. The van der Waals surface area contributed by atoms with Crippen LogP contribution in [-0.4, -0.2) is 74.8 Å². The number of amides is 4. The number of oxazole rings is 1. The molecule has 4 aromatic carbocycles. The highest BCUT2D eigenvalue weighted by Gasteiger charge is 2.39. The van der Waals surface area contributed by atoms with Crippen LogP contribution in [0.2, 0.25) is 0 Å². The average Bonchev–Trinajstić information content (AvgIpc) is 4.07.